The molecular formula is C14H17FN2O3S. The number of halogens is 1. The van der Waals surface area contributed by atoms with Crippen LogP contribution < -0.4 is 5.73 Å². The van der Waals surface area contributed by atoms with Crippen LogP contribution in [0, 0.1) is 12.7 Å². The lowest BCUT2D eigenvalue weighted by Gasteiger charge is -2.20. The van der Waals surface area contributed by atoms with Crippen LogP contribution in [0.5, 0.6) is 0 Å². The lowest BCUT2D eigenvalue weighted by atomic mass is 10.2. The van der Waals surface area contributed by atoms with E-state index in [0.717, 1.165) is 6.07 Å². The summed E-state index contributed by atoms with van der Waals surface area (Å²) >= 11 is 0. The number of nitrogens with two attached hydrogens (primary N) is 1. The van der Waals surface area contributed by atoms with Gasteiger partial charge in [-0.25, -0.2) is 12.8 Å². The zero-order chi connectivity index (χ0) is 15.6. The number of rotatable bonds is 5. The van der Waals surface area contributed by atoms with E-state index < -0.39 is 15.8 Å². The molecule has 21 heavy (non-hydrogen) atoms. The molecule has 0 aliphatic heterocycles. The van der Waals surface area contributed by atoms with Crippen molar-refractivity contribution in [3.05, 3.63) is 47.7 Å². The van der Waals surface area contributed by atoms with Crippen LogP contribution in [0.2, 0.25) is 0 Å². The van der Waals surface area contributed by atoms with Crippen molar-refractivity contribution >= 4 is 15.7 Å². The molecule has 0 bridgehead atoms. The van der Waals surface area contributed by atoms with Gasteiger partial charge in [-0.3, -0.25) is 0 Å². The highest BCUT2D eigenvalue weighted by molar-refractivity contribution is 7.89. The summed E-state index contributed by atoms with van der Waals surface area (Å²) in [4.78, 5) is -0.156. The molecule has 0 atom stereocenters. The van der Waals surface area contributed by atoms with E-state index in [1.54, 1.807) is 19.1 Å². The summed E-state index contributed by atoms with van der Waals surface area (Å²) in [5, 5.41) is 0. The molecular weight excluding hydrogens is 295 g/mol. The van der Waals surface area contributed by atoms with Crippen molar-refractivity contribution < 1.29 is 17.2 Å². The molecule has 0 saturated heterocycles. The largest absolute Gasteiger partial charge is 0.468 e. The van der Waals surface area contributed by atoms with Crippen molar-refractivity contribution in [2.75, 3.05) is 12.3 Å². The highest BCUT2D eigenvalue weighted by atomic mass is 32.2. The Labute approximate surface area is 123 Å². The molecule has 5 nitrogen and oxygen atoms in total. The zero-order valence-electron chi connectivity index (χ0n) is 11.8. The number of anilines is 1. The van der Waals surface area contributed by atoms with E-state index in [9.17, 15) is 12.8 Å². The standard InChI is InChI=1S/C14H17FN2O3S/c1-3-17(9-11-5-4-6-20-11)21(18,19)12-7-13(15)10(2)14(16)8-12/h4-8H,3,9,16H2,1-2H3. The van der Waals surface area contributed by atoms with Crippen LogP contribution in [0.25, 0.3) is 0 Å². The van der Waals surface area contributed by atoms with Crippen molar-refractivity contribution in [1.82, 2.24) is 4.31 Å². The minimum absolute atomic E-state index is 0.0846. The van der Waals surface area contributed by atoms with Crippen molar-refractivity contribution in [3.63, 3.8) is 0 Å². The topological polar surface area (TPSA) is 76.5 Å². The molecule has 2 rings (SSSR count). The average molecular weight is 312 g/mol. The summed E-state index contributed by atoms with van der Waals surface area (Å²) < 4.78 is 45.2. The van der Waals surface area contributed by atoms with Gasteiger partial charge in [-0.2, -0.15) is 4.31 Å². The molecule has 0 saturated carbocycles. The molecule has 1 aromatic carbocycles. The van der Waals surface area contributed by atoms with Crippen LogP contribution in [0.4, 0.5) is 10.1 Å². The van der Waals surface area contributed by atoms with Crippen molar-refractivity contribution in [1.29, 1.82) is 0 Å². The zero-order valence-corrected chi connectivity index (χ0v) is 12.7. The normalized spacial score (nSPS) is 12.0. The quantitative estimate of drug-likeness (QED) is 0.861. The Morgan fingerprint density at radius 2 is 2.10 bits per heavy atom. The summed E-state index contributed by atoms with van der Waals surface area (Å²) in [6, 6.07) is 5.63. The second-order valence-corrected chi connectivity index (χ2v) is 6.57. The fourth-order valence-electron chi connectivity index (χ4n) is 1.92. The van der Waals surface area contributed by atoms with Crippen LogP contribution in [-0.2, 0) is 16.6 Å². The predicted molar refractivity (Wildman–Crippen MR) is 77.5 cm³/mol. The van der Waals surface area contributed by atoms with Crippen molar-refractivity contribution in [3.8, 4) is 0 Å². The minimum Gasteiger partial charge on any atom is -0.468 e. The molecule has 2 N–H and O–H groups in total. The summed E-state index contributed by atoms with van der Waals surface area (Å²) in [6.07, 6.45) is 1.47. The number of hydrogen-bond donors (Lipinski definition) is 1. The molecule has 0 radical (unpaired) electrons. The maximum Gasteiger partial charge on any atom is 0.243 e. The molecule has 114 valence electrons. The van der Waals surface area contributed by atoms with Crippen molar-refractivity contribution in [2.24, 2.45) is 0 Å². The molecule has 0 aliphatic rings. The lowest BCUT2D eigenvalue weighted by molar-refractivity contribution is 0.375. The maximum atomic E-state index is 13.7. The summed E-state index contributed by atoms with van der Waals surface area (Å²) in [7, 11) is -3.84. The number of nitrogens with zero attached hydrogens (tertiary/aromatic N) is 1. The Bertz CT molecular complexity index is 704. The van der Waals surface area contributed by atoms with E-state index in [2.05, 4.69) is 0 Å². The number of hydrogen-bond acceptors (Lipinski definition) is 4. The first-order valence-electron chi connectivity index (χ1n) is 6.44. The average Bonchev–Trinajstić information content (AvgIpc) is 2.94. The molecule has 1 aromatic heterocycles. The number of furan rings is 1. The van der Waals surface area contributed by atoms with Gasteiger partial charge in [-0.05, 0) is 31.2 Å². The van der Waals surface area contributed by atoms with Crippen molar-refractivity contribution in [2.45, 2.75) is 25.3 Å². The first kappa shape index (κ1) is 15.5. The van der Waals surface area contributed by atoms with E-state index in [4.69, 9.17) is 10.2 Å². The summed E-state index contributed by atoms with van der Waals surface area (Å²) in [5.74, 6) is -0.122. The molecule has 2 aromatic rings. The maximum absolute atomic E-state index is 13.7. The minimum atomic E-state index is -3.84. The summed E-state index contributed by atoms with van der Waals surface area (Å²) in [6.45, 7) is 3.52. The van der Waals surface area contributed by atoms with Gasteiger partial charge in [0.2, 0.25) is 10.0 Å². The predicted octanol–water partition coefficient (Wildman–Crippen LogP) is 2.52. The van der Waals surface area contributed by atoms with Crippen LogP contribution in [-0.4, -0.2) is 19.3 Å². The smallest absolute Gasteiger partial charge is 0.243 e. The third-order valence-corrected chi connectivity index (χ3v) is 5.16. The SMILES string of the molecule is CCN(Cc1ccco1)S(=O)(=O)c1cc(N)c(C)c(F)c1. The highest BCUT2D eigenvalue weighted by Crippen LogP contribution is 2.24. The van der Waals surface area contributed by atoms with E-state index >= 15 is 0 Å². The highest BCUT2D eigenvalue weighted by Gasteiger charge is 2.25. The molecule has 0 amide bonds. The fraction of sp³-hybridized carbons (Fsp3) is 0.286. The van der Waals surface area contributed by atoms with Gasteiger partial charge in [0.05, 0.1) is 17.7 Å². The van der Waals surface area contributed by atoms with Gasteiger partial charge in [-0.1, -0.05) is 6.92 Å². The molecule has 7 heteroatoms. The van der Waals surface area contributed by atoms with E-state index in [-0.39, 0.29) is 29.2 Å². The third-order valence-electron chi connectivity index (χ3n) is 3.26. The van der Waals surface area contributed by atoms with Gasteiger partial charge in [-0.15, -0.1) is 0 Å². The van der Waals surface area contributed by atoms with Crippen LogP contribution in [0.3, 0.4) is 0 Å². The van der Waals surface area contributed by atoms with Crippen LogP contribution in [0.1, 0.15) is 18.2 Å². The van der Waals surface area contributed by atoms with E-state index in [1.165, 1.54) is 23.6 Å². The van der Waals surface area contributed by atoms with Gasteiger partial charge in [0, 0.05) is 17.8 Å². The lowest BCUT2D eigenvalue weighted by Crippen LogP contribution is -2.30. The van der Waals surface area contributed by atoms with Gasteiger partial charge in [0.15, 0.2) is 0 Å². The van der Waals surface area contributed by atoms with Gasteiger partial charge in [0.25, 0.3) is 0 Å². The monoisotopic (exact) mass is 312 g/mol. The first-order chi connectivity index (χ1) is 9.86. The Morgan fingerprint density at radius 1 is 1.38 bits per heavy atom. The van der Waals surface area contributed by atoms with Crippen LogP contribution in [0.15, 0.2) is 39.8 Å². The Morgan fingerprint density at radius 3 is 2.62 bits per heavy atom. The Kier molecular flexibility index (Phi) is 4.34. The Balaban J connectivity index is 2.39. The van der Waals surface area contributed by atoms with Gasteiger partial charge in [0.1, 0.15) is 11.6 Å². The second kappa shape index (κ2) is 5.87. The molecule has 0 fully saturated rings. The third kappa shape index (κ3) is 3.08. The number of sulfonamides is 1. The number of nitrogen functional groups attached to an aromatic ring is 1. The fourth-order valence-corrected chi connectivity index (χ4v) is 3.38. The molecule has 1 heterocycles. The number of benzene rings is 1. The second-order valence-electron chi connectivity index (χ2n) is 4.63. The van der Waals surface area contributed by atoms with E-state index in [0.29, 0.717) is 5.76 Å². The first-order valence-corrected chi connectivity index (χ1v) is 7.88. The Hall–Kier alpha value is -1.86. The van der Waals surface area contributed by atoms with Crippen LogP contribution >= 0.6 is 0 Å². The van der Waals surface area contributed by atoms with Gasteiger partial charge >= 0.3 is 0 Å². The molecule has 0 aliphatic carbocycles. The van der Waals surface area contributed by atoms with Gasteiger partial charge < -0.3 is 10.2 Å². The molecule has 0 unspecified atom stereocenters. The van der Waals surface area contributed by atoms with E-state index in [1.807, 2.05) is 0 Å². The summed E-state index contributed by atoms with van der Waals surface area (Å²) in [5.41, 5.74) is 6.01. The molecule has 0 spiro atoms.